The molecule has 2 atom stereocenters. The van der Waals surface area contributed by atoms with Crippen molar-refractivity contribution < 1.29 is 8.42 Å². The fourth-order valence-electron chi connectivity index (χ4n) is 2.79. The molecule has 1 aliphatic carbocycles. The van der Waals surface area contributed by atoms with Crippen LogP contribution in [-0.2, 0) is 10.0 Å². The summed E-state index contributed by atoms with van der Waals surface area (Å²) in [6.07, 6.45) is 4.66. The number of unbranched alkanes of at least 4 members (excludes halogenated alkanes) is 2. The van der Waals surface area contributed by atoms with Crippen LogP contribution in [0.4, 0.5) is 0 Å². The van der Waals surface area contributed by atoms with E-state index in [1.807, 2.05) is 0 Å². The van der Waals surface area contributed by atoms with E-state index < -0.39 is 14.8 Å². The van der Waals surface area contributed by atoms with Crippen LogP contribution in [0.3, 0.4) is 0 Å². The molecule has 1 rings (SSSR count). The maximum absolute atomic E-state index is 11.7. The Kier molecular flexibility index (Phi) is 3.75. The van der Waals surface area contributed by atoms with Crippen LogP contribution in [-0.4, -0.2) is 13.2 Å². The molecule has 0 aromatic rings. The second kappa shape index (κ2) is 4.30. The zero-order valence-electron chi connectivity index (χ0n) is 10.9. The highest BCUT2D eigenvalue weighted by Gasteiger charge is 2.65. The smallest absolute Gasteiger partial charge is 0.215 e. The molecule has 3 nitrogen and oxygen atoms in total. The Balaban J connectivity index is 2.77. The van der Waals surface area contributed by atoms with Crippen LogP contribution in [0.25, 0.3) is 0 Å². The van der Waals surface area contributed by atoms with Gasteiger partial charge in [-0.15, -0.1) is 0 Å². The Hall–Kier alpha value is -0.0900. The molecular formula is C12H25NO2S. The Bertz CT molecular complexity index is 343. The molecule has 0 saturated heterocycles. The van der Waals surface area contributed by atoms with Crippen LogP contribution in [0.15, 0.2) is 0 Å². The van der Waals surface area contributed by atoms with Crippen LogP contribution in [0.5, 0.6) is 0 Å². The normalized spacial score (nSPS) is 30.4. The van der Waals surface area contributed by atoms with Crippen LogP contribution in [0, 0.1) is 11.3 Å². The number of primary sulfonamides is 1. The first-order valence-electron chi connectivity index (χ1n) is 6.17. The van der Waals surface area contributed by atoms with Gasteiger partial charge in [-0.1, -0.05) is 47.0 Å². The van der Waals surface area contributed by atoms with Gasteiger partial charge in [0.15, 0.2) is 0 Å². The number of nitrogens with two attached hydrogens (primary N) is 1. The lowest BCUT2D eigenvalue weighted by Gasteiger charge is -2.23. The average molecular weight is 247 g/mol. The van der Waals surface area contributed by atoms with Crippen molar-refractivity contribution in [3.63, 3.8) is 0 Å². The summed E-state index contributed by atoms with van der Waals surface area (Å²) in [6.45, 7) is 8.43. The third-order valence-corrected chi connectivity index (χ3v) is 5.63. The summed E-state index contributed by atoms with van der Waals surface area (Å²) in [5, 5.41) is 5.42. The average Bonchev–Trinajstić information content (AvgIpc) is 2.79. The van der Waals surface area contributed by atoms with Crippen molar-refractivity contribution >= 4 is 10.0 Å². The van der Waals surface area contributed by atoms with Gasteiger partial charge < -0.3 is 0 Å². The molecule has 0 heterocycles. The molecule has 0 bridgehead atoms. The molecule has 0 radical (unpaired) electrons. The molecule has 0 amide bonds. The molecule has 2 N–H and O–H groups in total. The van der Waals surface area contributed by atoms with Crippen molar-refractivity contribution in [2.75, 3.05) is 0 Å². The molecule has 96 valence electrons. The first-order valence-corrected chi connectivity index (χ1v) is 7.72. The topological polar surface area (TPSA) is 60.2 Å². The standard InChI is InChI=1S/C12H25NO2S/c1-5-6-7-8-12(16(13,14)15)9-10(12)11(2,3)4/h10H,5-9H2,1-4H3,(H2,13,14,15). The lowest BCUT2D eigenvalue weighted by atomic mass is 9.88. The Morgan fingerprint density at radius 1 is 1.31 bits per heavy atom. The van der Waals surface area contributed by atoms with Crippen LogP contribution in [0.2, 0.25) is 0 Å². The van der Waals surface area contributed by atoms with E-state index in [0.717, 1.165) is 32.1 Å². The second-order valence-electron chi connectivity index (χ2n) is 6.19. The molecule has 16 heavy (non-hydrogen) atoms. The summed E-state index contributed by atoms with van der Waals surface area (Å²) in [5.74, 6) is 0.229. The predicted octanol–water partition coefficient (Wildman–Crippen LogP) is 2.66. The number of rotatable bonds is 5. The predicted molar refractivity (Wildman–Crippen MR) is 67.5 cm³/mol. The van der Waals surface area contributed by atoms with Crippen molar-refractivity contribution in [2.24, 2.45) is 16.5 Å². The number of hydrogen-bond acceptors (Lipinski definition) is 2. The molecule has 2 unspecified atom stereocenters. The van der Waals surface area contributed by atoms with Crippen LogP contribution >= 0.6 is 0 Å². The third-order valence-electron chi connectivity index (χ3n) is 3.84. The lowest BCUT2D eigenvalue weighted by Crippen LogP contribution is -2.35. The lowest BCUT2D eigenvalue weighted by molar-refractivity contribution is 0.327. The summed E-state index contributed by atoms with van der Waals surface area (Å²) in [4.78, 5) is 0. The molecular weight excluding hydrogens is 222 g/mol. The van der Waals surface area contributed by atoms with Gasteiger partial charge in [-0.2, -0.15) is 0 Å². The van der Waals surface area contributed by atoms with E-state index in [1.165, 1.54) is 0 Å². The zero-order chi connectivity index (χ0) is 12.6. The maximum Gasteiger partial charge on any atom is 0.215 e. The Morgan fingerprint density at radius 2 is 1.88 bits per heavy atom. The van der Waals surface area contributed by atoms with Crippen molar-refractivity contribution in [3.05, 3.63) is 0 Å². The van der Waals surface area contributed by atoms with Gasteiger partial charge in [0.2, 0.25) is 10.0 Å². The highest BCUT2D eigenvalue weighted by molar-refractivity contribution is 7.90. The molecule has 0 aliphatic heterocycles. The molecule has 1 aliphatic rings. The van der Waals surface area contributed by atoms with Gasteiger partial charge in [0.05, 0.1) is 4.75 Å². The van der Waals surface area contributed by atoms with E-state index in [0.29, 0.717) is 0 Å². The summed E-state index contributed by atoms with van der Waals surface area (Å²) >= 11 is 0. The van der Waals surface area contributed by atoms with Gasteiger partial charge in [0.1, 0.15) is 0 Å². The van der Waals surface area contributed by atoms with Crippen molar-refractivity contribution in [1.29, 1.82) is 0 Å². The summed E-state index contributed by atoms with van der Waals surface area (Å²) < 4.78 is 22.9. The summed E-state index contributed by atoms with van der Waals surface area (Å²) in [6, 6.07) is 0. The van der Waals surface area contributed by atoms with E-state index in [9.17, 15) is 8.42 Å². The van der Waals surface area contributed by atoms with Gasteiger partial charge in [-0.25, -0.2) is 13.6 Å². The molecule has 1 saturated carbocycles. The fraction of sp³-hybridized carbons (Fsp3) is 1.00. The summed E-state index contributed by atoms with van der Waals surface area (Å²) in [5.41, 5.74) is 0.0403. The van der Waals surface area contributed by atoms with Gasteiger partial charge in [0, 0.05) is 0 Å². The third kappa shape index (κ3) is 2.59. The first kappa shape index (κ1) is 14.0. The van der Waals surface area contributed by atoms with E-state index in [4.69, 9.17) is 5.14 Å². The quantitative estimate of drug-likeness (QED) is 0.759. The largest absolute Gasteiger partial charge is 0.228 e. The summed E-state index contributed by atoms with van der Waals surface area (Å²) in [7, 11) is -3.40. The van der Waals surface area contributed by atoms with E-state index in [-0.39, 0.29) is 11.3 Å². The van der Waals surface area contributed by atoms with E-state index >= 15 is 0 Å². The molecule has 0 aromatic heterocycles. The fourth-order valence-corrected chi connectivity index (χ4v) is 4.37. The van der Waals surface area contributed by atoms with E-state index in [1.54, 1.807) is 0 Å². The number of sulfonamides is 1. The minimum atomic E-state index is -3.40. The van der Waals surface area contributed by atoms with Gasteiger partial charge in [0.25, 0.3) is 0 Å². The number of hydrogen-bond donors (Lipinski definition) is 1. The first-order chi connectivity index (χ1) is 7.15. The molecule has 0 aromatic carbocycles. The van der Waals surface area contributed by atoms with Crippen molar-refractivity contribution in [2.45, 2.75) is 64.5 Å². The molecule has 1 fully saturated rings. The van der Waals surface area contributed by atoms with Crippen molar-refractivity contribution in [3.8, 4) is 0 Å². The van der Waals surface area contributed by atoms with Gasteiger partial charge >= 0.3 is 0 Å². The molecule has 4 heteroatoms. The van der Waals surface area contributed by atoms with Gasteiger partial charge in [-0.3, -0.25) is 0 Å². The van der Waals surface area contributed by atoms with Crippen LogP contribution in [0.1, 0.15) is 59.8 Å². The monoisotopic (exact) mass is 247 g/mol. The van der Waals surface area contributed by atoms with Crippen LogP contribution < -0.4 is 5.14 Å². The minimum absolute atomic E-state index is 0.0403. The zero-order valence-corrected chi connectivity index (χ0v) is 11.7. The minimum Gasteiger partial charge on any atom is -0.228 e. The second-order valence-corrected chi connectivity index (χ2v) is 8.09. The Morgan fingerprint density at radius 3 is 2.19 bits per heavy atom. The highest BCUT2D eigenvalue weighted by atomic mass is 32.2. The SMILES string of the molecule is CCCCCC1(S(N)(=O)=O)CC1C(C)(C)C. The van der Waals surface area contributed by atoms with Crippen molar-refractivity contribution in [1.82, 2.24) is 0 Å². The highest BCUT2D eigenvalue weighted by Crippen LogP contribution is 2.60. The van der Waals surface area contributed by atoms with E-state index in [2.05, 4.69) is 27.7 Å². The molecule has 0 spiro atoms. The Labute approximate surface area is 99.8 Å². The van der Waals surface area contributed by atoms with Gasteiger partial charge in [-0.05, 0) is 24.2 Å². The maximum atomic E-state index is 11.7.